The number of aryl methyl sites for hydroxylation is 1. The van der Waals surface area contributed by atoms with E-state index in [-0.39, 0.29) is 42.6 Å². The molecule has 1 aromatic heterocycles. The molecule has 10 nitrogen and oxygen atoms in total. The zero-order chi connectivity index (χ0) is 35.9. The second-order valence-electron chi connectivity index (χ2n) is 15.4. The van der Waals surface area contributed by atoms with Crippen LogP contribution in [-0.2, 0) is 32.6 Å². The van der Waals surface area contributed by atoms with Crippen LogP contribution in [0.3, 0.4) is 0 Å². The second-order valence-corrected chi connectivity index (χ2v) is 15.4. The highest BCUT2D eigenvalue weighted by atomic mass is 19.1. The zero-order valence-electron chi connectivity index (χ0n) is 29.9. The number of halogens is 1. The van der Waals surface area contributed by atoms with Crippen LogP contribution in [0, 0.1) is 11.2 Å². The van der Waals surface area contributed by atoms with Crippen molar-refractivity contribution in [3.05, 3.63) is 71.7 Å². The number of para-hydroxylation sites is 1. The number of rotatable bonds is 8. The Kier molecular flexibility index (Phi) is 9.87. The van der Waals surface area contributed by atoms with E-state index in [9.17, 15) is 23.6 Å². The van der Waals surface area contributed by atoms with Gasteiger partial charge in [-0.05, 0) is 90.6 Å². The number of nitrogens with zero attached hydrogens (tertiary/aromatic N) is 3. The van der Waals surface area contributed by atoms with Crippen molar-refractivity contribution in [3.8, 4) is 0 Å². The Hall–Kier alpha value is -4.41. The summed E-state index contributed by atoms with van der Waals surface area (Å²) in [5.41, 5.74) is -0.318. The molecule has 2 N–H and O–H groups in total. The number of piperidine rings is 1. The summed E-state index contributed by atoms with van der Waals surface area (Å²) in [6.07, 6.45) is 2.61. The van der Waals surface area contributed by atoms with E-state index in [4.69, 9.17) is 4.74 Å². The minimum Gasteiger partial charge on any atom is -0.444 e. The minimum absolute atomic E-state index is 0.00772. The first kappa shape index (κ1) is 35.9. The Balaban J connectivity index is 1.47. The van der Waals surface area contributed by atoms with E-state index in [1.165, 1.54) is 12.1 Å². The average Bonchev–Trinajstić information content (AvgIpc) is 3.48. The molecule has 264 valence electrons. The number of likely N-dealkylation sites (tertiary alicyclic amines) is 2. The molecule has 3 heterocycles. The predicted molar refractivity (Wildman–Crippen MR) is 186 cm³/mol. The van der Waals surface area contributed by atoms with Gasteiger partial charge < -0.3 is 29.7 Å². The Labute approximate surface area is 288 Å². The molecule has 0 radical (unpaired) electrons. The van der Waals surface area contributed by atoms with Gasteiger partial charge in [0.2, 0.25) is 17.7 Å². The Morgan fingerprint density at radius 3 is 2.37 bits per heavy atom. The molecule has 0 bridgehead atoms. The fraction of sp³-hybridized carbons (Fsp3) is 0.526. The molecule has 3 aromatic rings. The lowest BCUT2D eigenvalue weighted by Gasteiger charge is -2.43. The van der Waals surface area contributed by atoms with Crippen molar-refractivity contribution in [2.24, 2.45) is 12.5 Å². The third-order valence-corrected chi connectivity index (χ3v) is 9.85. The van der Waals surface area contributed by atoms with Gasteiger partial charge in [-0.15, -0.1) is 0 Å². The summed E-state index contributed by atoms with van der Waals surface area (Å²) in [6, 6.07) is 13.2. The summed E-state index contributed by atoms with van der Waals surface area (Å²) in [4.78, 5) is 59.0. The number of amides is 4. The number of carbonyl (C=O) groups is 4. The highest BCUT2D eigenvalue weighted by molar-refractivity contribution is 5.95. The van der Waals surface area contributed by atoms with E-state index in [0.29, 0.717) is 25.9 Å². The first-order valence-corrected chi connectivity index (χ1v) is 17.1. The second kappa shape index (κ2) is 13.5. The number of nitrogens with one attached hydrogen (secondary N) is 2. The molecule has 11 heteroatoms. The number of benzene rings is 2. The van der Waals surface area contributed by atoms with E-state index in [0.717, 1.165) is 22.0 Å². The fourth-order valence-electron chi connectivity index (χ4n) is 7.37. The van der Waals surface area contributed by atoms with Crippen LogP contribution in [0.2, 0.25) is 0 Å². The van der Waals surface area contributed by atoms with Crippen molar-refractivity contribution in [3.63, 3.8) is 0 Å². The van der Waals surface area contributed by atoms with E-state index < -0.39 is 34.6 Å². The van der Waals surface area contributed by atoms with Crippen LogP contribution in [0.25, 0.3) is 10.9 Å². The van der Waals surface area contributed by atoms with Crippen molar-refractivity contribution >= 4 is 34.7 Å². The largest absolute Gasteiger partial charge is 0.444 e. The molecule has 0 saturated carbocycles. The summed E-state index contributed by atoms with van der Waals surface area (Å²) in [7, 11) is 1.94. The number of hydrogen-bond donors (Lipinski definition) is 2. The van der Waals surface area contributed by atoms with E-state index >= 15 is 0 Å². The van der Waals surface area contributed by atoms with Gasteiger partial charge >= 0.3 is 6.09 Å². The third-order valence-electron chi connectivity index (χ3n) is 9.85. The highest BCUT2D eigenvalue weighted by Gasteiger charge is 2.57. The molecule has 2 aliphatic rings. The standard InChI is InChI=1S/C38H50FN5O5/c1-24(2)44-22-29(25-14-16-27(39)17-15-25)38(34(44)47)18-11-19-43(23-38)32(45)30(20-26-21-42(8)31-13-10-9-12-28(26)31)40-33(46)37(6,7)41-35(48)49-36(3,4)5/h9-10,12-17,21,24,29-30H,11,18-20,22-23H2,1-8H3,(H,40,46)(H,41,48)/t29?,30-,38?/m1/s1. The van der Waals surface area contributed by atoms with Gasteiger partial charge in [-0.1, -0.05) is 30.3 Å². The summed E-state index contributed by atoms with van der Waals surface area (Å²) in [5, 5.41) is 6.57. The summed E-state index contributed by atoms with van der Waals surface area (Å²) in [5.74, 6) is -1.44. The van der Waals surface area contributed by atoms with Crippen LogP contribution >= 0.6 is 0 Å². The first-order chi connectivity index (χ1) is 22.9. The lowest BCUT2D eigenvalue weighted by molar-refractivity contribution is -0.147. The maximum absolute atomic E-state index is 14.7. The van der Waals surface area contributed by atoms with Crippen LogP contribution in [0.4, 0.5) is 9.18 Å². The maximum Gasteiger partial charge on any atom is 0.408 e. The van der Waals surface area contributed by atoms with Gasteiger partial charge in [-0.2, -0.15) is 0 Å². The maximum atomic E-state index is 14.7. The molecule has 2 aliphatic heterocycles. The van der Waals surface area contributed by atoms with Gasteiger partial charge in [0.1, 0.15) is 23.0 Å². The summed E-state index contributed by atoms with van der Waals surface area (Å²) < 4.78 is 21.3. The number of hydrogen-bond acceptors (Lipinski definition) is 5. The molecule has 2 fully saturated rings. The molecule has 2 aromatic carbocycles. The quantitative estimate of drug-likeness (QED) is 0.337. The smallest absolute Gasteiger partial charge is 0.408 e. The van der Waals surface area contributed by atoms with Gasteiger partial charge in [0.25, 0.3) is 0 Å². The van der Waals surface area contributed by atoms with Crippen molar-refractivity contribution in [1.82, 2.24) is 25.0 Å². The normalized spacial score (nSPS) is 20.6. The van der Waals surface area contributed by atoms with Gasteiger partial charge in [0, 0.05) is 62.2 Å². The van der Waals surface area contributed by atoms with Crippen LogP contribution < -0.4 is 10.6 Å². The number of aromatic nitrogens is 1. The third kappa shape index (κ3) is 7.45. The van der Waals surface area contributed by atoms with E-state index in [1.807, 2.05) is 60.8 Å². The van der Waals surface area contributed by atoms with E-state index in [1.54, 1.807) is 51.7 Å². The van der Waals surface area contributed by atoms with Crippen molar-refractivity contribution in [2.75, 3.05) is 19.6 Å². The van der Waals surface area contributed by atoms with Gasteiger partial charge in [0.05, 0.1) is 5.41 Å². The lowest BCUT2D eigenvalue weighted by Crippen LogP contribution is -2.61. The number of carbonyl (C=O) groups excluding carboxylic acids is 4. The van der Waals surface area contributed by atoms with Crippen LogP contribution in [0.1, 0.15) is 78.4 Å². The SMILES string of the molecule is CC(C)N1CC(c2ccc(F)cc2)C2(CCCN(C(=O)[C@@H](Cc3cn(C)c4ccccc34)NC(=O)C(C)(C)NC(=O)OC(C)(C)C)C2)C1=O. The van der Waals surface area contributed by atoms with Crippen LogP contribution in [0.5, 0.6) is 0 Å². The van der Waals surface area contributed by atoms with Crippen LogP contribution in [-0.4, -0.2) is 81.0 Å². The van der Waals surface area contributed by atoms with Crippen molar-refractivity contribution < 1.29 is 28.3 Å². The van der Waals surface area contributed by atoms with Crippen molar-refractivity contribution in [1.29, 1.82) is 0 Å². The highest BCUT2D eigenvalue weighted by Crippen LogP contribution is 2.50. The summed E-state index contributed by atoms with van der Waals surface area (Å²) >= 11 is 0. The Bertz CT molecular complexity index is 1730. The Morgan fingerprint density at radius 2 is 1.71 bits per heavy atom. The topological polar surface area (TPSA) is 113 Å². The molecule has 0 aliphatic carbocycles. The van der Waals surface area contributed by atoms with Crippen molar-refractivity contribution in [2.45, 2.75) is 96.9 Å². The predicted octanol–water partition coefficient (Wildman–Crippen LogP) is 5.29. The molecule has 2 saturated heterocycles. The number of fused-ring (bicyclic) bond motifs is 1. The number of ether oxygens (including phenoxy) is 1. The van der Waals surface area contributed by atoms with Crippen LogP contribution in [0.15, 0.2) is 54.7 Å². The average molecular weight is 676 g/mol. The zero-order valence-corrected chi connectivity index (χ0v) is 29.9. The summed E-state index contributed by atoms with van der Waals surface area (Å²) in [6.45, 7) is 13.4. The van der Waals surface area contributed by atoms with E-state index in [2.05, 4.69) is 10.6 Å². The molecule has 1 spiro atoms. The lowest BCUT2D eigenvalue weighted by atomic mass is 9.69. The van der Waals surface area contributed by atoms with Gasteiger partial charge in [-0.25, -0.2) is 9.18 Å². The molecule has 5 rings (SSSR count). The van der Waals surface area contributed by atoms with Gasteiger partial charge in [-0.3, -0.25) is 14.4 Å². The molecule has 2 unspecified atom stereocenters. The molecule has 49 heavy (non-hydrogen) atoms. The monoisotopic (exact) mass is 675 g/mol. The molecule has 4 amide bonds. The molecular weight excluding hydrogens is 625 g/mol. The Morgan fingerprint density at radius 1 is 1.04 bits per heavy atom. The fourth-order valence-corrected chi connectivity index (χ4v) is 7.37. The number of alkyl carbamates (subject to hydrolysis) is 1. The first-order valence-electron chi connectivity index (χ1n) is 17.1. The minimum atomic E-state index is -1.41. The molecular formula is C38H50FN5O5. The molecule has 3 atom stereocenters. The van der Waals surface area contributed by atoms with Gasteiger partial charge in [0.15, 0.2) is 0 Å².